The second-order valence-corrected chi connectivity index (χ2v) is 6.88. The number of nitrogens with zero attached hydrogens (tertiary/aromatic N) is 1. The van der Waals surface area contributed by atoms with Gasteiger partial charge in [0, 0.05) is 19.1 Å². The molecule has 0 spiro atoms. The van der Waals surface area contributed by atoms with Crippen LogP contribution in [0.3, 0.4) is 0 Å². The zero-order valence-corrected chi connectivity index (χ0v) is 11.5. The molecule has 1 amide bonds. The lowest BCUT2D eigenvalue weighted by molar-refractivity contribution is -0.137. The smallest absolute Gasteiger partial charge is 0.227 e. The Bertz CT molecular complexity index is 379. The molecular weight excluding hydrogens is 256 g/mol. The van der Waals surface area contributed by atoms with Crippen molar-refractivity contribution in [2.75, 3.05) is 31.2 Å². The van der Waals surface area contributed by atoms with Crippen molar-refractivity contribution in [3.05, 3.63) is 0 Å². The first-order chi connectivity index (χ1) is 8.45. The number of hydrogen-bond donors (Lipinski definition) is 2. The van der Waals surface area contributed by atoms with Crippen molar-refractivity contribution in [3.8, 4) is 0 Å². The van der Waals surface area contributed by atoms with E-state index >= 15 is 0 Å². The number of rotatable bonds is 6. The second kappa shape index (κ2) is 6.49. The molecule has 106 valence electrons. The zero-order valence-electron chi connectivity index (χ0n) is 10.7. The number of aliphatic hydroxyl groups is 1. The van der Waals surface area contributed by atoms with Crippen molar-refractivity contribution in [1.82, 2.24) is 4.90 Å². The largest absolute Gasteiger partial charge is 0.395 e. The summed E-state index contributed by atoms with van der Waals surface area (Å²) >= 11 is 0. The minimum Gasteiger partial charge on any atom is -0.395 e. The summed E-state index contributed by atoms with van der Waals surface area (Å²) in [5, 5.41) is 9.03. The molecule has 18 heavy (non-hydrogen) atoms. The van der Waals surface area contributed by atoms with Crippen LogP contribution in [0.1, 0.15) is 19.8 Å². The summed E-state index contributed by atoms with van der Waals surface area (Å²) < 4.78 is 22.9. The zero-order chi connectivity index (χ0) is 13.8. The average molecular weight is 278 g/mol. The molecule has 2 unspecified atom stereocenters. The summed E-state index contributed by atoms with van der Waals surface area (Å²) in [6, 6.07) is -0.310. The average Bonchev–Trinajstić information content (AvgIpc) is 2.67. The summed E-state index contributed by atoms with van der Waals surface area (Å²) in [7, 11) is -3.04. The lowest BCUT2D eigenvalue weighted by Gasteiger charge is -2.30. The third-order valence-corrected chi connectivity index (χ3v) is 5.15. The molecule has 1 aliphatic heterocycles. The van der Waals surface area contributed by atoms with Gasteiger partial charge >= 0.3 is 0 Å². The van der Waals surface area contributed by atoms with E-state index in [-0.39, 0.29) is 49.1 Å². The van der Waals surface area contributed by atoms with Crippen LogP contribution >= 0.6 is 0 Å². The van der Waals surface area contributed by atoms with Crippen LogP contribution in [-0.2, 0) is 14.6 Å². The Hall–Kier alpha value is -0.660. The van der Waals surface area contributed by atoms with Crippen LogP contribution in [0.25, 0.3) is 0 Å². The summed E-state index contributed by atoms with van der Waals surface area (Å²) in [5.74, 6) is -0.317. The van der Waals surface area contributed by atoms with Gasteiger partial charge in [-0.25, -0.2) is 8.42 Å². The standard InChI is InChI=1S/C11H22N2O4S/c1-2-9(7-12)11(15)13(4-5-14)10-3-6-18(16,17)8-10/h9-10,14H,2-8,12H2,1H3. The van der Waals surface area contributed by atoms with Crippen LogP contribution < -0.4 is 5.73 Å². The molecular formula is C11H22N2O4S. The Morgan fingerprint density at radius 1 is 1.56 bits per heavy atom. The van der Waals surface area contributed by atoms with Gasteiger partial charge in [0.25, 0.3) is 0 Å². The highest BCUT2D eigenvalue weighted by molar-refractivity contribution is 7.91. The van der Waals surface area contributed by atoms with Gasteiger partial charge in [0.05, 0.1) is 24.0 Å². The quantitative estimate of drug-likeness (QED) is 0.647. The summed E-state index contributed by atoms with van der Waals surface area (Å²) in [4.78, 5) is 13.7. The fourth-order valence-corrected chi connectivity index (χ4v) is 4.01. The number of sulfone groups is 1. The molecule has 6 nitrogen and oxygen atoms in total. The molecule has 0 radical (unpaired) electrons. The fourth-order valence-electron chi connectivity index (χ4n) is 2.28. The fraction of sp³-hybridized carbons (Fsp3) is 0.909. The Labute approximate surface area is 108 Å². The first kappa shape index (κ1) is 15.4. The predicted octanol–water partition coefficient (Wildman–Crippen LogP) is -1.02. The number of hydrogen-bond acceptors (Lipinski definition) is 5. The first-order valence-corrected chi connectivity index (χ1v) is 8.09. The molecule has 1 rings (SSSR count). The van der Waals surface area contributed by atoms with Gasteiger partial charge in [-0.05, 0) is 12.8 Å². The van der Waals surface area contributed by atoms with Gasteiger partial charge in [-0.15, -0.1) is 0 Å². The topological polar surface area (TPSA) is 101 Å². The number of carbonyl (C=O) groups is 1. The Kier molecular flexibility index (Phi) is 5.55. The van der Waals surface area contributed by atoms with Crippen molar-refractivity contribution < 1.29 is 18.3 Å². The van der Waals surface area contributed by atoms with Crippen molar-refractivity contribution in [2.45, 2.75) is 25.8 Å². The van der Waals surface area contributed by atoms with Crippen LogP contribution in [-0.4, -0.2) is 61.6 Å². The van der Waals surface area contributed by atoms with Gasteiger partial charge in [0.2, 0.25) is 5.91 Å². The molecule has 0 aromatic carbocycles. The lowest BCUT2D eigenvalue weighted by atomic mass is 10.0. The van der Waals surface area contributed by atoms with Crippen molar-refractivity contribution in [2.24, 2.45) is 11.7 Å². The maximum atomic E-state index is 12.2. The highest BCUT2D eigenvalue weighted by Gasteiger charge is 2.35. The minimum atomic E-state index is -3.04. The van der Waals surface area contributed by atoms with Crippen molar-refractivity contribution in [1.29, 1.82) is 0 Å². The monoisotopic (exact) mass is 278 g/mol. The minimum absolute atomic E-state index is 0.000252. The SMILES string of the molecule is CCC(CN)C(=O)N(CCO)C1CCS(=O)(=O)C1. The number of amides is 1. The molecule has 0 bridgehead atoms. The molecule has 1 fully saturated rings. The molecule has 2 atom stereocenters. The van der Waals surface area contributed by atoms with Gasteiger partial charge < -0.3 is 15.7 Å². The number of nitrogens with two attached hydrogens (primary N) is 1. The molecule has 0 aliphatic carbocycles. The highest BCUT2D eigenvalue weighted by atomic mass is 32.2. The van der Waals surface area contributed by atoms with E-state index in [0.29, 0.717) is 12.8 Å². The van der Waals surface area contributed by atoms with Gasteiger partial charge in [-0.3, -0.25) is 4.79 Å². The Morgan fingerprint density at radius 3 is 2.61 bits per heavy atom. The van der Waals surface area contributed by atoms with E-state index in [1.165, 1.54) is 4.90 Å². The van der Waals surface area contributed by atoms with Gasteiger partial charge in [-0.2, -0.15) is 0 Å². The van der Waals surface area contributed by atoms with Gasteiger partial charge in [-0.1, -0.05) is 6.92 Å². The Morgan fingerprint density at radius 2 is 2.22 bits per heavy atom. The lowest BCUT2D eigenvalue weighted by Crippen LogP contribution is -2.47. The molecule has 1 heterocycles. The Balaban J connectivity index is 2.79. The number of aliphatic hydroxyl groups excluding tert-OH is 1. The van der Waals surface area contributed by atoms with Gasteiger partial charge in [0.15, 0.2) is 9.84 Å². The number of carbonyl (C=O) groups excluding carboxylic acids is 1. The maximum absolute atomic E-state index is 12.2. The summed E-state index contributed by atoms with van der Waals surface area (Å²) in [5.41, 5.74) is 5.54. The van der Waals surface area contributed by atoms with E-state index in [1.807, 2.05) is 6.92 Å². The predicted molar refractivity (Wildman–Crippen MR) is 68.7 cm³/mol. The van der Waals surface area contributed by atoms with E-state index < -0.39 is 9.84 Å². The first-order valence-electron chi connectivity index (χ1n) is 6.27. The molecule has 3 N–H and O–H groups in total. The third-order valence-electron chi connectivity index (χ3n) is 3.40. The molecule has 1 aliphatic rings. The van der Waals surface area contributed by atoms with Crippen LogP contribution in [0.15, 0.2) is 0 Å². The van der Waals surface area contributed by atoms with Crippen molar-refractivity contribution >= 4 is 15.7 Å². The van der Waals surface area contributed by atoms with Crippen LogP contribution in [0.4, 0.5) is 0 Å². The van der Waals surface area contributed by atoms with Crippen LogP contribution in [0.5, 0.6) is 0 Å². The van der Waals surface area contributed by atoms with Crippen LogP contribution in [0.2, 0.25) is 0 Å². The normalized spacial score (nSPS) is 23.8. The molecule has 0 saturated carbocycles. The highest BCUT2D eigenvalue weighted by Crippen LogP contribution is 2.20. The van der Waals surface area contributed by atoms with E-state index in [9.17, 15) is 13.2 Å². The maximum Gasteiger partial charge on any atom is 0.227 e. The van der Waals surface area contributed by atoms with E-state index in [2.05, 4.69) is 0 Å². The third kappa shape index (κ3) is 3.66. The van der Waals surface area contributed by atoms with E-state index in [0.717, 1.165) is 0 Å². The molecule has 1 saturated heterocycles. The van der Waals surface area contributed by atoms with Crippen LogP contribution in [0, 0.1) is 5.92 Å². The van der Waals surface area contributed by atoms with E-state index in [1.54, 1.807) is 0 Å². The summed E-state index contributed by atoms with van der Waals surface area (Å²) in [6.45, 7) is 2.13. The molecule has 0 aromatic heterocycles. The van der Waals surface area contributed by atoms with E-state index in [4.69, 9.17) is 10.8 Å². The second-order valence-electron chi connectivity index (χ2n) is 4.65. The van der Waals surface area contributed by atoms with Crippen molar-refractivity contribution in [3.63, 3.8) is 0 Å². The molecule has 7 heteroatoms. The summed E-state index contributed by atoms with van der Waals surface area (Å²) in [6.07, 6.45) is 1.08. The molecule has 0 aromatic rings. The van der Waals surface area contributed by atoms with Gasteiger partial charge in [0.1, 0.15) is 0 Å².